The van der Waals surface area contributed by atoms with Gasteiger partial charge in [-0.25, -0.2) is 0 Å². The number of terminal acetylenes is 1. The molecule has 0 aliphatic carbocycles. The van der Waals surface area contributed by atoms with Gasteiger partial charge in [-0.3, -0.25) is 0 Å². The Labute approximate surface area is 133 Å². The molecule has 0 fully saturated rings. The Kier molecular flexibility index (Phi) is 420. The molecule has 0 aromatic carbocycles. The van der Waals surface area contributed by atoms with Crippen LogP contribution in [0.15, 0.2) is 13.2 Å². The molecule has 0 aliphatic heterocycles. The van der Waals surface area contributed by atoms with Crippen molar-refractivity contribution in [2.45, 2.75) is 94.4 Å². The summed E-state index contributed by atoms with van der Waals surface area (Å²) in [5.41, 5.74) is 4.50. The summed E-state index contributed by atoms with van der Waals surface area (Å²) in [7, 11) is 1.50. The smallest absolute Gasteiger partial charge is 0.00297 e. The molecular formula is C19H47N. The van der Waals surface area contributed by atoms with Crippen LogP contribution < -0.4 is 5.73 Å². The van der Waals surface area contributed by atoms with E-state index in [0.29, 0.717) is 0 Å². The Morgan fingerprint density at radius 3 is 0.900 bits per heavy atom. The van der Waals surface area contributed by atoms with Gasteiger partial charge in [-0.2, -0.15) is 0 Å². The summed E-state index contributed by atoms with van der Waals surface area (Å²) in [6.07, 6.45) is 11.2. The zero-order valence-electron chi connectivity index (χ0n) is 16.6. The normalized spacial score (nSPS) is 5.10. The quantitative estimate of drug-likeness (QED) is 0.427. The summed E-state index contributed by atoms with van der Waals surface area (Å²) in [5, 5.41) is 0. The highest BCUT2D eigenvalue weighted by atomic mass is 14.4. The van der Waals surface area contributed by atoms with Crippen LogP contribution in [0.2, 0.25) is 0 Å². The van der Waals surface area contributed by atoms with E-state index in [9.17, 15) is 0 Å². The average Bonchev–Trinajstić information content (AvgIpc) is 2.49. The van der Waals surface area contributed by atoms with Crippen LogP contribution in [-0.4, -0.2) is 7.05 Å². The van der Waals surface area contributed by atoms with Crippen molar-refractivity contribution in [3.8, 4) is 12.3 Å². The lowest BCUT2D eigenvalue weighted by Gasteiger charge is -1.79. The van der Waals surface area contributed by atoms with Crippen molar-refractivity contribution in [2.75, 3.05) is 7.05 Å². The monoisotopic (exact) mass is 289 g/mol. The lowest BCUT2D eigenvalue weighted by molar-refractivity contribution is 0.772. The van der Waals surface area contributed by atoms with Crippen LogP contribution in [0.1, 0.15) is 94.4 Å². The molecule has 0 aromatic heterocycles. The number of hydrogen-bond acceptors (Lipinski definition) is 1. The fraction of sp³-hybridized carbons (Fsp3) is 0.789. The van der Waals surface area contributed by atoms with Gasteiger partial charge in [-0.05, 0) is 14.0 Å². The number of rotatable bonds is 2. The average molecular weight is 290 g/mol. The molecule has 0 saturated heterocycles. The minimum Gasteiger partial charge on any atom is -0.333 e. The van der Waals surface area contributed by atoms with E-state index < -0.39 is 0 Å². The molecule has 0 amide bonds. The first-order chi connectivity index (χ1) is 9.66. The van der Waals surface area contributed by atoms with Crippen molar-refractivity contribution in [1.29, 1.82) is 0 Å². The minimum absolute atomic E-state index is 1.25. The van der Waals surface area contributed by atoms with Crippen LogP contribution in [0.4, 0.5) is 0 Å². The second-order valence-corrected chi connectivity index (χ2v) is 3.06. The lowest BCUT2D eigenvalue weighted by atomic mass is 10.3. The highest BCUT2D eigenvalue weighted by Crippen LogP contribution is 1.88. The van der Waals surface area contributed by atoms with E-state index in [1.807, 2.05) is 13.8 Å². The summed E-state index contributed by atoms with van der Waals surface area (Å²) in [6, 6.07) is 0. The van der Waals surface area contributed by atoms with E-state index in [0.717, 1.165) is 0 Å². The van der Waals surface area contributed by atoms with Gasteiger partial charge < -0.3 is 5.73 Å². The molecule has 2 N–H and O–H groups in total. The third-order valence-electron chi connectivity index (χ3n) is 0.707. The summed E-state index contributed by atoms with van der Waals surface area (Å²) < 4.78 is 0. The SMILES string of the molecule is C#CC.C=C.CC.CCC.CCC.CCCCC.CN. The summed E-state index contributed by atoms with van der Waals surface area (Å²) in [5.74, 6) is 2.25. The second-order valence-electron chi connectivity index (χ2n) is 3.06. The lowest BCUT2D eigenvalue weighted by Crippen LogP contribution is -1.69. The van der Waals surface area contributed by atoms with Crippen molar-refractivity contribution in [1.82, 2.24) is 0 Å². The van der Waals surface area contributed by atoms with Gasteiger partial charge in [-0.1, -0.05) is 87.5 Å². The molecular weight excluding hydrogens is 242 g/mol. The van der Waals surface area contributed by atoms with Crippen molar-refractivity contribution in [3.05, 3.63) is 13.2 Å². The van der Waals surface area contributed by atoms with Gasteiger partial charge in [0, 0.05) is 0 Å². The second kappa shape index (κ2) is 197. The first kappa shape index (κ1) is 42.7. The van der Waals surface area contributed by atoms with E-state index in [4.69, 9.17) is 0 Å². The maximum absolute atomic E-state index is 4.60. The Morgan fingerprint density at radius 1 is 0.800 bits per heavy atom. The number of nitrogens with two attached hydrogens (primary N) is 1. The fourth-order valence-electron chi connectivity index (χ4n) is 0.354. The zero-order chi connectivity index (χ0) is 18.2. The summed E-state index contributed by atoms with van der Waals surface area (Å²) >= 11 is 0. The van der Waals surface area contributed by atoms with Crippen LogP contribution in [0.25, 0.3) is 0 Å². The van der Waals surface area contributed by atoms with Crippen LogP contribution >= 0.6 is 0 Å². The molecule has 0 aromatic rings. The van der Waals surface area contributed by atoms with Crippen LogP contribution in [0, 0.1) is 12.3 Å². The van der Waals surface area contributed by atoms with Crippen LogP contribution in [0.3, 0.4) is 0 Å². The topological polar surface area (TPSA) is 26.0 Å². The van der Waals surface area contributed by atoms with Crippen molar-refractivity contribution >= 4 is 0 Å². The van der Waals surface area contributed by atoms with Crippen LogP contribution in [-0.2, 0) is 0 Å². The Balaban J connectivity index is -0.0000000204. The van der Waals surface area contributed by atoms with Crippen molar-refractivity contribution < 1.29 is 0 Å². The standard InChI is InChI=1S/C5H12.2C3H8.C3H4.C2H6.C2H4.CH5N/c1-3-5-4-2;3*1-3-2;3*1-2/h3-5H2,1-2H3;2*3H2,1-2H3;1H,2H3;1-2H3;1-2H2;2H2,1H3. The molecule has 0 radical (unpaired) electrons. The maximum atomic E-state index is 4.60. The molecule has 128 valence electrons. The van der Waals surface area contributed by atoms with Crippen molar-refractivity contribution in [2.24, 2.45) is 5.73 Å². The largest absolute Gasteiger partial charge is 0.333 e. The third-order valence-corrected chi connectivity index (χ3v) is 0.707. The van der Waals surface area contributed by atoms with E-state index in [2.05, 4.69) is 72.8 Å². The molecule has 0 spiro atoms. The molecule has 0 saturated carbocycles. The van der Waals surface area contributed by atoms with Gasteiger partial charge in [0.15, 0.2) is 0 Å². The Bertz CT molecular complexity index is 78.3. The molecule has 0 unspecified atom stereocenters. The summed E-state index contributed by atoms with van der Waals surface area (Å²) in [4.78, 5) is 0. The van der Waals surface area contributed by atoms with E-state index >= 15 is 0 Å². The van der Waals surface area contributed by atoms with Gasteiger partial charge in [-0.15, -0.1) is 25.5 Å². The minimum atomic E-state index is 1.25. The van der Waals surface area contributed by atoms with Gasteiger partial charge in [0.2, 0.25) is 0 Å². The molecule has 1 nitrogen and oxygen atoms in total. The molecule has 20 heavy (non-hydrogen) atoms. The molecule has 0 bridgehead atoms. The fourth-order valence-corrected chi connectivity index (χ4v) is 0.354. The summed E-state index contributed by atoms with van der Waals surface area (Å²) in [6.45, 7) is 24.6. The predicted molar refractivity (Wildman–Crippen MR) is 104 cm³/mol. The molecule has 0 aliphatic rings. The van der Waals surface area contributed by atoms with E-state index in [1.54, 1.807) is 6.92 Å². The predicted octanol–water partition coefficient (Wildman–Crippen LogP) is 7.07. The Hall–Kier alpha value is -0.740. The van der Waals surface area contributed by atoms with E-state index in [-0.39, 0.29) is 0 Å². The first-order valence-electron chi connectivity index (χ1n) is 8.11. The molecule has 1 heteroatoms. The third kappa shape index (κ3) is 2870. The number of unbranched alkanes of at least 4 members (excludes halogenated alkanes) is 2. The highest BCUT2D eigenvalue weighted by molar-refractivity contribution is 4.73. The first-order valence-corrected chi connectivity index (χ1v) is 8.11. The van der Waals surface area contributed by atoms with Gasteiger partial charge in [0.05, 0.1) is 0 Å². The molecule has 0 heterocycles. The van der Waals surface area contributed by atoms with Gasteiger partial charge in [0.25, 0.3) is 0 Å². The van der Waals surface area contributed by atoms with E-state index in [1.165, 1.54) is 39.2 Å². The Morgan fingerprint density at radius 2 is 0.900 bits per heavy atom. The number of hydrogen-bond donors (Lipinski definition) is 1. The highest BCUT2D eigenvalue weighted by Gasteiger charge is 1.68. The molecule has 0 rings (SSSR count). The maximum Gasteiger partial charge on any atom is -0.00297 e. The van der Waals surface area contributed by atoms with Gasteiger partial charge >= 0.3 is 0 Å². The molecule has 0 atom stereocenters. The zero-order valence-corrected chi connectivity index (χ0v) is 16.6. The van der Waals surface area contributed by atoms with Crippen molar-refractivity contribution in [3.63, 3.8) is 0 Å². The van der Waals surface area contributed by atoms with Crippen LogP contribution in [0.5, 0.6) is 0 Å². The van der Waals surface area contributed by atoms with Gasteiger partial charge in [0.1, 0.15) is 0 Å².